The standard InChI is InChI=1S/C18H18N2O2/c1-12-7-9-13(10-8-12)20-17(21)19-15-11-18(20,2)22-16-6-4-3-5-14(15)16/h3-10,15H,11H2,1-2H3,(H,19,21)/t15-,18+/m0/s1. The molecule has 2 aliphatic rings. The average Bonchev–Trinajstić information content (AvgIpc) is 2.48. The fraction of sp³-hybridized carbons (Fsp3) is 0.278. The average molecular weight is 294 g/mol. The molecule has 2 aromatic carbocycles. The van der Waals surface area contributed by atoms with Gasteiger partial charge in [-0.25, -0.2) is 4.79 Å². The summed E-state index contributed by atoms with van der Waals surface area (Å²) < 4.78 is 6.22. The molecule has 2 heterocycles. The third-order valence-corrected chi connectivity index (χ3v) is 4.47. The maximum absolute atomic E-state index is 12.6. The molecule has 0 radical (unpaired) electrons. The van der Waals surface area contributed by atoms with E-state index in [4.69, 9.17) is 4.74 Å². The molecule has 1 N–H and O–H groups in total. The van der Waals surface area contributed by atoms with Crippen LogP contribution in [-0.2, 0) is 0 Å². The molecule has 22 heavy (non-hydrogen) atoms. The number of aryl methyl sites for hydroxylation is 1. The number of ether oxygens (including phenoxy) is 1. The summed E-state index contributed by atoms with van der Waals surface area (Å²) in [5.74, 6) is 0.846. The van der Waals surface area contributed by atoms with Gasteiger partial charge in [-0.15, -0.1) is 0 Å². The van der Waals surface area contributed by atoms with E-state index in [9.17, 15) is 4.79 Å². The van der Waals surface area contributed by atoms with Crippen LogP contribution in [0.1, 0.15) is 30.5 Å². The first-order valence-electron chi connectivity index (χ1n) is 7.52. The lowest BCUT2D eigenvalue weighted by molar-refractivity contribution is 0.0379. The Bertz CT molecular complexity index is 741. The maximum atomic E-state index is 12.6. The number of rotatable bonds is 1. The van der Waals surface area contributed by atoms with Crippen molar-refractivity contribution in [2.45, 2.75) is 32.0 Å². The zero-order valence-electron chi connectivity index (χ0n) is 12.7. The first kappa shape index (κ1) is 13.2. The molecule has 4 rings (SSSR count). The fourth-order valence-electron chi connectivity index (χ4n) is 3.41. The third kappa shape index (κ3) is 1.87. The van der Waals surface area contributed by atoms with E-state index in [1.807, 2.05) is 62.4 Å². The first-order valence-corrected chi connectivity index (χ1v) is 7.52. The van der Waals surface area contributed by atoms with E-state index in [0.717, 1.165) is 23.4 Å². The van der Waals surface area contributed by atoms with Gasteiger partial charge in [0.2, 0.25) is 0 Å². The number of amides is 2. The molecule has 4 heteroatoms. The van der Waals surface area contributed by atoms with Crippen LogP contribution in [0.4, 0.5) is 10.5 Å². The molecule has 4 nitrogen and oxygen atoms in total. The molecule has 2 atom stereocenters. The summed E-state index contributed by atoms with van der Waals surface area (Å²) in [4.78, 5) is 14.4. The number of nitrogens with zero attached hydrogens (tertiary/aromatic N) is 1. The maximum Gasteiger partial charge on any atom is 0.325 e. The molecule has 2 aliphatic heterocycles. The Morgan fingerprint density at radius 1 is 1.18 bits per heavy atom. The highest BCUT2D eigenvalue weighted by Gasteiger charge is 2.49. The van der Waals surface area contributed by atoms with Crippen LogP contribution in [0, 0.1) is 6.92 Å². The molecule has 0 saturated carbocycles. The number of fused-ring (bicyclic) bond motifs is 4. The summed E-state index contributed by atoms with van der Waals surface area (Å²) in [6.45, 7) is 4.01. The second-order valence-corrected chi connectivity index (χ2v) is 6.19. The lowest BCUT2D eigenvalue weighted by atomic mass is 9.90. The minimum atomic E-state index is -0.670. The summed E-state index contributed by atoms with van der Waals surface area (Å²) in [7, 11) is 0. The highest BCUT2D eigenvalue weighted by molar-refractivity contribution is 5.94. The van der Waals surface area contributed by atoms with Gasteiger partial charge in [-0.3, -0.25) is 4.90 Å². The first-order chi connectivity index (χ1) is 10.6. The number of nitrogens with one attached hydrogen (secondary N) is 1. The molecule has 0 aliphatic carbocycles. The van der Waals surface area contributed by atoms with Crippen LogP contribution in [0.5, 0.6) is 5.75 Å². The molecule has 0 unspecified atom stereocenters. The van der Waals surface area contributed by atoms with Crippen LogP contribution in [-0.4, -0.2) is 11.8 Å². The van der Waals surface area contributed by atoms with Crippen molar-refractivity contribution in [3.8, 4) is 5.75 Å². The zero-order valence-corrected chi connectivity index (χ0v) is 12.7. The highest BCUT2D eigenvalue weighted by Crippen LogP contribution is 2.45. The topological polar surface area (TPSA) is 41.6 Å². The van der Waals surface area contributed by atoms with Crippen molar-refractivity contribution in [1.82, 2.24) is 5.32 Å². The summed E-state index contributed by atoms with van der Waals surface area (Å²) in [6.07, 6.45) is 0.726. The number of carbonyl (C=O) groups excluding carboxylic acids is 1. The van der Waals surface area contributed by atoms with Gasteiger partial charge in [0.15, 0.2) is 5.72 Å². The summed E-state index contributed by atoms with van der Waals surface area (Å²) >= 11 is 0. The van der Waals surface area contributed by atoms with E-state index in [-0.39, 0.29) is 12.1 Å². The van der Waals surface area contributed by atoms with Crippen molar-refractivity contribution in [3.05, 3.63) is 59.7 Å². The third-order valence-electron chi connectivity index (χ3n) is 4.47. The van der Waals surface area contributed by atoms with E-state index in [1.165, 1.54) is 5.56 Å². The van der Waals surface area contributed by atoms with Crippen LogP contribution < -0.4 is 15.0 Å². The molecule has 2 bridgehead atoms. The Morgan fingerprint density at radius 2 is 1.91 bits per heavy atom. The van der Waals surface area contributed by atoms with Gasteiger partial charge in [-0.1, -0.05) is 35.9 Å². The lowest BCUT2D eigenvalue weighted by Gasteiger charge is -2.50. The van der Waals surface area contributed by atoms with Gasteiger partial charge in [-0.2, -0.15) is 0 Å². The molecule has 2 aromatic rings. The van der Waals surface area contributed by atoms with Crippen molar-refractivity contribution in [3.63, 3.8) is 0 Å². The number of carbonyl (C=O) groups is 1. The van der Waals surface area contributed by atoms with Gasteiger partial charge in [-0.05, 0) is 32.0 Å². The fourth-order valence-corrected chi connectivity index (χ4v) is 3.41. The van der Waals surface area contributed by atoms with Crippen LogP contribution in [0.2, 0.25) is 0 Å². The van der Waals surface area contributed by atoms with Crippen LogP contribution in [0.15, 0.2) is 48.5 Å². The van der Waals surface area contributed by atoms with E-state index in [1.54, 1.807) is 4.90 Å². The summed E-state index contributed by atoms with van der Waals surface area (Å²) in [6, 6.07) is 15.7. The normalized spacial score (nSPS) is 26.0. The van der Waals surface area contributed by atoms with Crippen molar-refractivity contribution >= 4 is 11.7 Å². The van der Waals surface area contributed by atoms with Crippen molar-refractivity contribution < 1.29 is 9.53 Å². The predicted molar refractivity (Wildman–Crippen MR) is 85.0 cm³/mol. The lowest BCUT2D eigenvalue weighted by Crippen LogP contribution is -2.65. The molecule has 2 amide bonds. The van der Waals surface area contributed by atoms with Crippen molar-refractivity contribution in [2.75, 3.05) is 4.90 Å². The largest absolute Gasteiger partial charge is 0.467 e. The summed E-state index contributed by atoms with van der Waals surface area (Å²) in [5, 5.41) is 3.10. The van der Waals surface area contributed by atoms with Gasteiger partial charge in [0.05, 0.1) is 6.04 Å². The van der Waals surface area contributed by atoms with Crippen LogP contribution in [0.25, 0.3) is 0 Å². The quantitative estimate of drug-likeness (QED) is 0.870. The van der Waals surface area contributed by atoms with Crippen molar-refractivity contribution in [1.29, 1.82) is 0 Å². The molecular formula is C18H18N2O2. The number of benzene rings is 2. The van der Waals surface area contributed by atoms with E-state index in [2.05, 4.69) is 5.32 Å². The van der Waals surface area contributed by atoms with Gasteiger partial charge < -0.3 is 10.1 Å². The molecule has 0 aromatic heterocycles. The van der Waals surface area contributed by atoms with Gasteiger partial charge in [0, 0.05) is 17.7 Å². The van der Waals surface area contributed by atoms with E-state index in [0.29, 0.717) is 0 Å². The SMILES string of the molecule is Cc1ccc(N2C(=O)N[C@H]3C[C@@]2(C)Oc2ccccc23)cc1. The van der Waals surface area contributed by atoms with E-state index >= 15 is 0 Å². The number of para-hydroxylation sites is 1. The number of hydrogen-bond donors (Lipinski definition) is 1. The highest BCUT2D eigenvalue weighted by atomic mass is 16.5. The van der Waals surface area contributed by atoms with Crippen LogP contribution in [0.3, 0.4) is 0 Å². The molecule has 1 saturated heterocycles. The molecule has 0 spiro atoms. The number of urea groups is 1. The number of anilines is 1. The predicted octanol–water partition coefficient (Wildman–Crippen LogP) is 3.76. The van der Waals surface area contributed by atoms with Gasteiger partial charge in [0.1, 0.15) is 5.75 Å². The molecule has 112 valence electrons. The van der Waals surface area contributed by atoms with Gasteiger partial charge >= 0.3 is 6.03 Å². The Kier molecular flexibility index (Phi) is 2.70. The summed E-state index contributed by atoms with van der Waals surface area (Å²) in [5.41, 5.74) is 2.40. The second kappa shape index (κ2) is 4.50. The van der Waals surface area contributed by atoms with Crippen molar-refractivity contribution in [2.24, 2.45) is 0 Å². The smallest absolute Gasteiger partial charge is 0.325 e. The molecular weight excluding hydrogens is 276 g/mol. The van der Waals surface area contributed by atoms with Crippen LogP contribution >= 0.6 is 0 Å². The monoisotopic (exact) mass is 294 g/mol. The Labute approximate surface area is 129 Å². The molecule has 1 fully saturated rings. The minimum Gasteiger partial charge on any atom is -0.467 e. The Balaban J connectivity index is 1.80. The Morgan fingerprint density at radius 3 is 2.68 bits per heavy atom. The minimum absolute atomic E-state index is 0.00384. The zero-order chi connectivity index (χ0) is 15.3. The Hall–Kier alpha value is -2.49. The second-order valence-electron chi connectivity index (χ2n) is 6.19. The van der Waals surface area contributed by atoms with E-state index < -0.39 is 5.72 Å². The number of hydrogen-bond acceptors (Lipinski definition) is 2. The van der Waals surface area contributed by atoms with Gasteiger partial charge in [0.25, 0.3) is 0 Å².